The summed E-state index contributed by atoms with van der Waals surface area (Å²) in [5.41, 5.74) is 13.0. The van der Waals surface area contributed by atoms with E-state index >= 15 is 0 Å². The Bertz CT molecular complexity index is 3150. The maximum absolute atomic E-state index is 2.39. The fourth-order valence-corrected chi connectivity index (χ4v) is 10.4. The first kappa shape index (κ1) is 33.5. The Morgan fingerprint density at radius 1 is 0.228 bits per heavy atom. The molecule has 0 aliphatic rings. The lowest BCUT2D eigenvalue weighted by atomic mass is 9.93. The van der Waals surface area contributed by atoms with Gasteiger partial charge in [-0.2, -0.15) is 0 Å². The molecule has 0 radical (unpaired) electrons. The van der Waals surface area contributed by atoms with Crippen LogP contribution in [0.5, 0.6) is 0 Å². The number of hydrogen-bond donors (Lipinski definition) is 0. The molecule has 0 N–H and O–H groups in total. The van der Waals surface area contributed by atoms with Crippen molar-refractivity contribution in [2.75, 3.05) is 4.90 Å². The fourth-order valence-electron chi connectivity index (χ4n) is 8.20. The van der Waals surface area contributed by atoms with Crippen molar-refractivity contribution < 1.29 is 0 Å². The summed E-state index contributed by atoms with van der Waals surface area (Å²) < 4.78 is 5.27. The number of anilines is 3. The van der Waals surface area contributed by atoms with E-state index < -0.39 is 0 Å². The van der Waals surface area contributed by atoms with E-state index in [4.69, 9.17) is 0 Å². The Kier molecular flexibility index (Phi) is 8.28. The van der Waals surface area contributed by atoms with Gasteiger partial charge in [-0.3, -0.25) is 0 Å². The number of nitrogens with zero attached hydrogens (tertiary/aromatic N) is 1. The van der Waals surface area contributed by atoms with Crippen LogP contribution in [0.4, 0.5) is 17.1 Å². The van der Waals surface area contributed by atoms with Crippen molar-refractivity contribution in [3.63, 3.8) is 0 Å². The molecule has 0 spiro atoms. The second-order valence-corrected chi connectivity index (χ2v) is 16.7. The van der Waals surface area contributed by atoms with Gasteiger partial charge in [0.05, 0.1) is 0 Å². The van der Waals surface area contributed by atoms with Gasteiger partial charge in [0.25, 0.3) is 0 Å². The summed E-state index contributed by atoms with van der Waals surface area (Å²) in [6, 6.07) is 77.7. The van der Waals surface area contributed by atoms with Gasteiger partial charge < -0.3 is 4.90 Å². The smallest absolute Gasteiger partial charge is 0.0468 e. The predicted molar refractivity (Wildman–Crippen MR) is 249 cm³/mol. The second kappa shape index (κ2) is 14.1. The van der Waals surface area contributed by atoms with Gasteiger partial charge in [-0.05, 0) is 129 Å². The van der Waals surface area contributed by atoms with E-state index in [1.54, 1.807) is 0 Å². The summed E-state index contributed by atoms with van der Waals surface area (Å²) in [4.78, 5) is 2.39. The van der Waals surface area contributed by atoms with Crippen molar-refractivity contribution in [3.8, 4) is 44.5 Å². The van der Waals surface area contributed by atoms with Crippen molar-refractivity contribution in [2.45, 2.75) is 0 Å². The Morgan fingerprint density at radius 2 is 0.596 bits per heavy atom. The molecule has 0 fully saturated rings. The van der Waals surface area contributed by atoms with Crippen LogP contribution in [0.25, 0.3) is 84.9 Å². The number of fused-ring (bicyclic) bond motifs is 6. The van der Waals surface area contributed by atoms with E-state index in [2.05, 4.69) is 217 Å². The molecule has 268 valence electrons. The monoisotopic (exact) mass is 761 g/mol. The van der Waals surface area contributed by atoms with Crippen molar-refractivity contribution >= 4 is 80.1 Å². The third kappa shape index (κ3) is 6.18. The molecule has 1 nitrogen and oxygen atoms in total. The Hall–Kier alpha value is -6.78. The molecule has 0 bridgehead atoms. The van der Waals surface area contributed by atoms with Gasteiger partial charge in [-0.25, -0.2) is 0 Å². The molecule has 0 unspecified atom stereocenters. The maximum Gasteiger partial charge on any atom is 0.0468 e. The van der Waals surface area contributed by atoms with E-state index in [-0.39, 0.29) is 0 Å². The first-order valence-corrected chi connectivity index (χ1v) is 20.9. The number of benzene rings is 9. The molecule has 0 saturated heterocycles. The minimum absolute atomic E-state index is 1.11. The Balaban J connectivity index is 1.01. The third-order valence-corrected chi connectivity index (χ3v) is 13.4. The number of thiophene rings is 2. The molecule has 0 atom stereocenters. The SMILES string of the molecule is c1ccc(-c2cc(-c3ccccc3)cc(-c3ccc(N(c4ccc(-c5ccc6sc7ccccc7c6c5)cc4)c4ccc5sc6ccccc6c5c4)cc3)c2)cc1. The van der Waals surface area contributed by atoms with Crippen LogP contribution in [0, 0.1) is 0 Å². The number of hydrogen-bond acceptors (Lipinski definition) is 3. The molecule has 0 aliphatic carbocycles. The minimum atomic E-state index is 1.11. The van der Waals surface area contributed by atoms with Crippen LogP contribution < -0.4 is 4.90 Å². The molecule has 0 amide bonds. The molecule has 9 aromatic carbocycles. The topological polar surface area (TPSA) is 3.24 Å². The van der Waals surface area contributed by atoms with Crippen LogP contribution in [0.2, 0.25) is 0 Å². The first-order valence-electron chi connectivity index (χ1n) is 19.3. The van der Waals surface area contributed by atoms with E-state index in [0.717, 1.165) is 17.1 Å². The van der Waals surface area contributed by atoms with E-state index in [1.807, 2.05) is 22.7 Å². The molecule has 11 rings (SSSR count). The second-order valence-electron chi connectivity index (χ2n) is 14.5. The lowest BCUT2D eigenvalue weighted by Crippen LogP contribution is -2.09. The summed E-state index contributed by atoms with van der Waals surface area (Å²) in [6.07, 6.45) is 0. The van der Waals surface area contributed by atoms with Gasteiger partial charge in [0.1, 0.15) is 0 Å². The molecule has 0 aliphatic heterocycles. The normalized spacial score (nSPS) is 11.5. The maximum atomic E-state index is 2.39. The van der Waals surface area contributed by atoms with Gasteiger partial charge in [0, 0.05) is 57.4 Å². The van der Waals surface area contributed by atoms with Gasteiger partial charge in [0.15, 0.2) is 0 Å². The average molecular weight is 762 g/mol. The molecule has 57 heavy (non-hydrogen) atoms. The zero-order valence-electron chi connectivity index (χ0n) is 31.0. The molecular formula is C54H35NS2. The highest BCUT2D eigenvalue weighted by Gasteiger charge is 2.17. The quantitative estimate of drug-likeness (QED) is 0.156. The van der Waals surface area contributed by atoms with Crippen LogP contribution in [-0.2, 0) is 0 Å². The van der Waals surface area contributed by atoms with Crippen LogP contribution in [-0.4, -0.2) is 0 Å². The van der Waals surface area contributed by atoms with Crippen LogP contribution in [0.3, 0.4) is 0 Å². The molecular weight excluding hydrogens is 727 g/mol. The highest BCUT2D eigenvalue weighted by Crippen LogP contribution is 2.43. The standard InChI is InChI=1S/C54H35NS2/c1-3-11-36(12-4-1)41-31-42(37-13-5-2-6-14-37)33-43(32-41)39-21-26-45(27-22-39)55(46-28-30-54-50(35-46)48-16-8-10-18-52(48)57-54)44-24-19-38(20-25-44)40-23-29-53-49(34-40)47-15-7-9-17-51(47)56-53/h1-35H. The number of rotatable bonds is 7. The van der Waals surface area contributed by atoms with Crippen LogP contribution >= 0.6 is 22.7 Å². The van der Waals surface area contributed by atoms with Crippen molar-refractivity contribution in [2.24, 2.45) is 0 Å². The van der Waals surface area contributed by atoms with E-state index in [9.17, 15) is 0 Å². The minimum Gasteiger partial charge on any atom is -0.310 e. The average Bonchev–Trinajstić information content (AvgIpc) is 3.85. The van der Waals surface area contributed by atoms with Gasteiger partial charge in [-0.15, -0.1) is 22.7 Å². The molecule has 2 aromatic heterocycles. The molecule has 11 aromatic rings. The van der Waals surface area contributed by atoms with Gasteiger partial charge in [-0.1, -0.05) is 127 Å². The molecule has 3 heteroatoms. The predicted octanol–water partition coefficient (Wildman–Crippen LogP) is 16.6. The van der Waals surface area contributed by atoms with Crippen LogP contribution in [0.1, 0.15) is 0 Å². The highest BCUT2D eigenvalue weighted by molar-refractivity contribution is 7.26. The summed E-state index contributed by atoms with van der Waals surface area (Å²) >= 11 is 3.72. The first-order chi connectivity index (χ1) is 28.2. The molecule has 2 heterocycles. The summed E-state index contributed by atoms with van der Waals surface area (Å²) in [5, 5.41) is 5.23. The molecule has 0 saturated carbocycles. The van der Waals surface area contributed by atoms with Gasteiger partial charge in [0.2, 0.25) is 0 Å². The summed E-state index contributed by atoms with van der Waals surface area (Å²) in [7, 11) is 0. The lowest BCUT2D eigenvalue weighted by Gasteiger charge is -2.26. The van der Waals surface area contributed by atoms with Crippen LogP contribution in [0.15, 0.2) is 212 Å². The van der Waals surface area contributed by atoms with Crippen molar-refractivity contribution in [3.05, 3.63) is 212 Å². The summed E-state index contributed by atoms with van der Waals surface area (Å²) in [5.74, 6) is 0. The Labute approximate surface area is 340 Å². The zero-order valence-corrected chi connectivity index (χ0v) is 32.6. The van der Waals surface area contributed by atoms with E-state index in [0.29, 0.717) is 0 Å². The van der Waals surface area contributed by atoms with Crippen molar-refractivity contribution in [1.29, 1.82) is 0 Å². The van der Waals surface area contributed by atoms with E-state index in [1.165, 1.54) is 84.9 Å². The largest absolute Gasteiger partial charge is 0.310 e. The van der Waals surface area contributed by atoms with Gasteiger partial charge >= 0.3 is 0 Å². The third-order valence-electron chi connectivity index (χ3n) is 11.1. The summed E-state index contributed by atoms with van der Waals surface area (Å²) in [6.45, 7) is 0. The fraction of sp³-hybridized carbons (Fsp3) is 0. The lowest BCUT2D eigenvalue weighted by molar-refractivity contribution is 1.29. The zero-order chi connectivity index (χ0) is 37.7. The highest BCUT2D eigenvalue weighted by atomic mass is 32.1. The Morgan fingerprint density at radius 3 is 1.12 bits per heavy atom. The van der Waals surface area contributed by atoms with Crippen molar-refractivity contribution in [1.82, 2.24) is 0 Å².